The van der Waals surface area contributed by atoms with Gasteiger partial charge in [-0.2, -0.15) is 5.10 Å². The minimum absolute atomic E-state index is 0.0491. The number of carbonyl (C=O) groups excluding carboxylic acids is 1. The van der Waals surface area contributed by atoms with Crippen molar-refractivity contribution in [2.24, 2.45) is 5.10 Å². The van der Waals surface area contributed by atoms with Gasteiger partial charge in [-0.3, -0.25) is 14.9 Å². The number of nitro groups is 1. The number of halogens is 3. The van der Waals surface area contributed by atoms with Crippen LogP contribution < -0.4 is 10.2 Å². The third kappa shape index (κ3) is 5.32. The summed E-state index contributed by atoms with van der Waals surface area (Å²) in [6.07, 6.45) is 1.07. The molecule has 1 amide bonds. The van der Waals surface area contributed by atoms with E-state index in [1.165, 1.54) is 12.1 Å². The highest BCUT2D eigenvalue weighted by molar-refractivity contribution is 9.10. The van der Waals surface area contributed by atoms with Crippen LogP contribution in [-0.2, 0) is 4.79 Å². The molecule has 2 rings (SSSR count). The van der Waals surface area contributed by atoms with Gasteiger partial charge in [0.25, 0.3) is 11.6 Å². The number of hydrogen-bond acceptors (Lipinski definition) is 6. The van der Waals surface area contributed by atoms with E-state index in [0.29, 0.717) is 5.02 Å². The summed E-state index contributed by atoms with van der Waals surface area (Å²) in [5.41, 5.74) is 1.97. The van der Waals surface area contributed by atoms with Gasteiger partial charge in [0.15, 0.2) is 6.61 Å². The summed E-state index contributed by atoms with van der Waals surface area (Å²) < 4.78 is 5.35. The number of hydrogen-bond donors (Lipinski definition) is 2. The summed E-state index contributed by atoms with van der Waals surface area (Å²) in [7, 11) is 0. The van der Waals surface area contributed by atoms with E-state index in [4.69, 9.17) is 27.9 Å². The molecule has 0 heterocycles. The third-order valence-corrected chi connectivity index (χ3v) is 4.07. The van der Waals surface area contributed by atoms with Crippen LogP contribution in [0.2, 0.25) is 10.0 Å². The van der Waals surface area contributed by atoms with E-state index in [2.05, 4.69) is 26.5 Å². The van der Waals surface area contributed by atoms with Crippen molar-refractivity contribution in [3.8, 4) is 11.5 Å². The topological polar surface area (TPSA) is 114 Å². The van der Waals surface area contributed by atoms with Crippen molar-refractivity contribution in [1.82, 2.24) is 5.43 Å². The number of nitrogens with zero attached hydrogens (tertiary/aromatic N) is 2. The van der Waals surface area contributed by atoms with Crippen LogP contribution in [0.3, 0.4) is 0 Å². The zero-order chi connectivity index (χ0) is 19.3. The molecule has 0 radical (unpaired) electrons. The molecular weight excluding hydrogens is 453 g/mol. The lowest BCUT2D eigenvalue weighted by Crippen LogP contribution is -2.24. The molecule has 0 bridgehead atoms. The molecular formula is C15H10BrCl2N3O5. The molecule has 0 atom stereocenters. The second kappa shape index (κ2) is 8.84. The zero-order valence-corrected chi connectivity index (χ0v) is 15.9. The number of phenolic OH excluding ortho intramolecular Hbond substituents is 1. The maximum Gasteiger partial charge on any atom is 0.277 e. The Morgan fingerprint density at radius 3 is 2.77 bits per heavy atom. The molecule has 2 N–H and O–H groups in total. The van der Waals surface area contributed by atoms with Gasteiger partial charge < -0.3 is 9.84 Å². The first-order valence-electron chi connectivity index (χ1n) is 6.84. The van der Waals surface area contributed by atoms with Gasteiger partial charge in [0.05, 0.1) is 20.6 Å². The maximum atomic E-state index is 11.7. The van der Waals surface area contributed by atoms with E-state index in [0.717, 1.165) is 18.3 Å². The van der Waals surface area contributed by atoms with Crippen molar-refractivity contribution in [2.75, 3.05) is 6.61 Å². The Balaban J connectivity index is 1.97. The molecule has 8 nitrogen and oxygen atoms in total. The third-order valence-electron chi connectivity index (χ3n) is 2.93. The first-order chi connectivity index (χ1) is 12.3. The summed E-state index contributed by atoms with van der Waals surface area (Å²) in [5.74, 6) is -0.579. The van der Waals surface area contributed by atoms with Crippen LogP contribution >= 0.6 is 39.1 Å². The highest BCUT2D eigenvalue weighted by Crippen LogP contribution is 2.31. The number of benzene rings is 2. The number of non-ortho nitro benzene ring substituents is 1. The van der Waals surface area contributed by atoms with E-state index >= 15 is 0 Å². The van der Waals surface area contributed by atoms with Gasteiger partial charge in [-0.25, -0.2) is 5.43 Å². The van der Waals surface area contributed by atoms with Crippen molar-refractivity contribution in [2.45, 2.75) is 0 Å². The van der Waals surface area contributed by atoms with Crippen molar-refractivity contribution in [1.29, 1.82) is 0 Å². The highest BCUT2D eigenvalue weighted by atomic mass is 79.9. The number of carbonyl (C=O) groups is 1. The molecule has 0 saturated heterocycles. The lowest BCUT2D eigenvalue weighted by atomic mass is 10.2. The molecule has 0 aliphatic carbocycles. The van der Waals surface area contributed by atoms with Crippen LogP contribution in [0.4, 0.5) is 5.69 Å². The highest BCUT2D eigenvalue weighted by Gasteiger charge is 2.13. The van der Waals surface area contributed by atoms with Crippen molar-refractivity contribution < 1.29 is 19.6 Å². The van der Waals surface area contributed by atoms with E-state index in [-0.39, 0.29) is 38.9 Å². The smallest absolute Gasteiger partial charge is 0.277 e. The molecule has 0 aromatic heterocycles. The van der Waals surface area contributed by atoms with Crippen molar-refractivity contribution in [3.63, 3.8) is 0 Å². The standard InChI is InChI=1S/C15H10BrCl2N3O5/c16-11-5-10(21(24)25)3-8(15(11)23)6-19-20-14(22)7-26-13-2-1-9(17)4-12(13)18/h1-6,23H,7H2,(H,20,22)/b19-6-. The lowest BCUT2D eigenvalue weighted by molar-refractivity contribution is -0.385. The maximum absolute atomic E-state index is 11.7. The van der Waals surface area contributed by atoms with E-state index in [1.54, 1.807) is 6.07 Å². The van der Waals surface area contributed by atoms with Crippen molar-refractivity contribution >= 4 is 56.9 Å². The molecule has 0 aliphatic rings. The number of ether oxygens (including phenoxy) is 1. The van der Waals surface area contributed by atoms with Crippen LogP contribution in [-0.4, -0.2) is 28.8 Å². The van der Waals surface area contributed by atoms with Crippen LogP contribution in [0.25, 0.3) is 0 Å². The number of nitro benzene ring substituents is 1. The Morgan fingerprint density at radius 2 is 2.12 bits per heavy atom. The quantitative estimate of drug-likeness (QED) is 0.384. The van der Waals surface area contributed by atoms with Crippen molar-refractivity contribution in [3.05, 3.63) is 60.5 Å². The molecule has 0 unspecified atom stereocenters. The molecule has 0 saturated carbocycles. The summed E-state index contributed by atoms with van der Waals surface area (Å²) in [4.78, 5) is 21.9. The van der Waals surface area contributed by atoms with Crippen LogP contribution in [0.5, 0.6) is 11.5 Å². The Kier molecular flexibility index (Phi) is 6.78. The monoisotopic (exact) mass is 461 g/mol. The average molecular weight is 463 g/mol. The van der Waals surface area contributed by atoms with Gasteiger partial charge >= 0.3 is 0 Å². The number of phenols is 1. The number of hydrazone groups is 1. The lowest BCUT2D eigenvalue weighted by Gasteiger charge is -2.07. The Hall–Kier alpha value is -2.36. The SMILES string of the molecule is O=C(COc1ccc(Cl)cc1Cl)N/N=C\c1cc([N+](=O)[O-])cc(Br)c1O. The molecule has 0 fully saturated rings. The van der Waals surface area contributed by atoms with Gasteiger partial charge in [-0.15, -0.1) is 0 Å². The second-order valence-corrected chi connectivity index (χ2v) is 6.48. The largest absolute Gasteiger partial charge is 0.506 e. The van der Waals surface area contributed by atoms with E-state index < -0.39 is 10.8 Å². The Bertz CT molecular complexity index is 892. The Labute approximate surface area is 165 Å². The molecule has 0 aliphatic heterocycles. The first kappa shape index (κ1) is 20.0. The van der Waals surface area contributed by atoms with Gasteiger partial charge in [-0.1, -0.05) is 23.2 Å². The van der Waals surface area contributed by atoms with Gasteiger partial charge in [0.1, 0.15) is 11.5 Å². The minimum atomic E-state index is -0.621. The summed E-state index contributed by atoms with van der Waals surface area (Å²) in [5, 5.41) is 25.0. The predicted molar refractivity (Wildman–Crippen MR) is 100 cm³/mol. The summed E-state index contributed by atoms with van der Waals surface area (Å²) in [6, 6.07) is 6.80. The minimum Gasteiger partial charge on any atom is -0.506 e. The number of rotatable bonds is 6. The van der Waals surface area contributed by atoms with Crippen LogP contribution in [0.15, 0.2) is 39.9 Å². The van der Waals surface area contributed by atoms with E-state index in [9.17, 15) is 20.0 Å². The van der Waals surface area contributed by atoms with E-state index in [1.807, 2.05) is 0 Å². The van der Waals surface area contributed by atoms with Gasteiger partial charge in [-0.05, 0) is 34.1 Å². The predicted octanol–water partition coefficient (Wildman–Crippen LogP) is 3.90. The first-order valence-corrected chi connectivity index (χ1v) is 8.39. The molecule has 2 aromatic carbocycles. The summed E-state index contributed by atoms with van der Waals surface area (Å²) in [6.45, 7) is -0.372. The fourth-order valence-electron chi connectivity index (χ4n) is 1.75. The fourth-order valence-corrected chi connectivity index (χ4v) is 2.68. The molecule has 2 aromatic rings. The van der Waals surface area contributed by atoms with Gasteiger partial charge in [0.2, 0.25) is 0 Å². The van der Waals surface area contributed by atoms with Crippen LogP contribution in [0, 0.1) is 10.1 Å². The molecule has 11 heteroatoms. The Morgan fingerprint density at radius 1 is 1.38 bits per heavy atom. The molecule has 26 heavy (non-hydrogen) atoms. The fraction of sp³-hybridized carbons (Fsp3) is 0.0667. The zero-order valence-electron chi connectivity index (χ0n) is 12.8. The molecule has 0 spiro atoms. The average Bonchev–Trinajstić information content (AvgIpc) is 2.57. The van der Waals surface area contributed by atoms with Crippen LogP contribution in [0.1, 0.15) is 5.56 Å². The number of amides is 1. The van der Waals surface area contributed by atoms with Gasteiger partial charge in [0, 0.05) is 22.7 Å². The molecule has 136 valence electrons. The number of nitrogens with one attached hydrogen (secondary N) is 1. The number of aromatic hydroxyl groups is 1. The second-order valence-electron chi connectivity index (χ2n) is 4.78. The normalized spacial score (nSPS) is 10.7. The summed E-state index contributed by atoms with van der Waals surface area (Å²) >= 11 is 14.7.